The molecule has 0 radical (unpaired) electrons. The zero-order chi connectivity index (χ0) is 19.4. The molecular weight excluding hydrogens is 413 g/mol. The Morgan fingerprint density at radius 1 is 1.11 bits per heavy atom. The molecule has 0 bridgehead atoms. The number of ether oxygens (including phenoxy) is 1. The standard InChI is InChI=1S/C21H19BrFNO3/c1-27-21-10-18(19(23)11-24-21)13-2-4-14(5-3-13)20(26)9-16-8-17(22)7-6-15(16)12-25/h2-8,10-11,20,25-26H,9,12H2,1H3. The summed E-state index contributed by atoms with van der Waals surface area (Å²) >= 11 is 3.41. The van der Waals surface area contributed by atoms with Crippen LogP contribution in [0.3, 0.4) is 0 Å². The van der Waals surface area contributed by atoms with Gasteiger partial charge in [-0.05, 0) is 34.4 Å². The highest BCUT2D eigenvalue weighted by Crippen LogP contribution is 2.28. The number of nitrogens with zero attached hydrogens (tertiary/aromatic N) is 1. The van der Waals surface area contributed by atoms with Crippen molar-refractivity contribution in [2.75, 3.05) is 7.11 Å². The van der Waals surface area contributed by atoms with Gasteiger partial charge in [-0.2, -0.15) is 0 Å². The molecule has 3 rings (SSSR count). The van der Waals surface area contributed by atoms with Crippen molar-refractivity contribution in [3.63, 3.8) is 0 Å². The molecule has 0 aliphatic heterocycles. The Morgan fingerprint density at radius 2 is 1.85 bits per heavy atom. The van der Waals surface area contributed by atoms with Gasteiger partial charge in [0.05, 0.1) is 26.0 Å². The first-order valence-electron chi connectivity index (χ1n) is 8.38. The average Bonchev–Trinajstić information content (AvgIpc) is 2.69. The molecule has 1 unspecified atom stereocenters. The number of halogens is 2. The Balaban J connectivity index is 1.82. The molecule has 140 valence electrons. The molecule has 2 N–H and O–H groups in total. The number of aliphatic hydroxyl groups excluding tert-OH is 2. The lowest BCUT2D eigenvalue weighted by atomic mass is 9.96. The Labute approximate surface area is 165 Å². The molecule has 1 heterocycles. The van der Waals surface area contributed by atoms with E-state index in [9.17, 15) is 14.6 Å². The summed E-state index contributed by atoms with van der Waals surface area (Å²) in [4.78, 5) is 3.84. The molecule has 0 amide bonds. The van der Waals surface area contributed by atoms with Crippen LogP contribution in [0.4, 0.5) is 4.39 Å². The highest BCUT2D eigenvalue weighted by molar-refractivity contribution is 9.10. The van der Waals surface area contributed by atoms with Gasteiger partial charge in [-0.3, -0.25) is 0 Å². The number of aliphatic hydroxyl groups is 2. The zero-order valence-electron chi connectivity index (χ0n) is 14.7. The van der Waals surface area contributed by atoms with Gasteiger partial charge in [-0.25, -0.2) is 9.37 Å². The highest BCUT2D eigenvalue weighted by Gasteiger charge is 2.13. The van der Waals surface area contributed by atoms with E-state index >= 15 is 0 Å². The monoisotopic (exact) mass is 431 g/mol. The van der Waals surface area contributed by atoms with Crippen LogP contribution in [-0.2, 0) is 13.0 Å². The molecule has 0 aliphatic rings. The van der Waals surface area contributed by atoms with Gasteiger partial charge in [0, 0.05) is 22.5 Å². The number of hydrogen-bond acceptors (Lipinski definition) is 4. The predicted molar refractivity (Wildman–Crippen MR) is 105 cm³/mol. The van der Waals surface area contributed by atoms with Crippen molar-refractivity contribution in [2.45, 2.75) is 19.1 Å². The second-order valence-electron chi connectivity index (χ2n) is 6.12. The topological polar surface area (TPSA) is 62.6 Å². The molecule has 2 aromatic carbocycles. The molecular formula is C21H19BrFNO3. The summed E-state index contributed by atoms with van der Waals surface area (Å²) in [6.45, 7) is -0.0859. The molecule has 4 nitrogen and oxygen atoms in total. The van der Waals surface area contributed by atoms with Crippen LogP contribution in [0, 0.1) is 5.82 Å². The number of rotatable bonds is 6. The first-order chi connectivity index (χ1) is 13.0. The normalized spacial score (nSPS) is 12.0. The van der Waals surface area contributed by atoms with Crippen LogP contribution in [0.15, 0.2) is 59.2 Å². The minimum atomic E-state index is -0.740. The van der Waals surface area contributed by atoms with Crippen LogP contribution in [-0.4, -0.2) is 22.3 Å². The van der Waals surface area contributed by atoms with Gasteiger partial charge >= 0.3 is 0 Å². The summed E-state index contributed by atoms with van der Waals surface area (Å²) in [6.07, 6.45) is 0.752. The van der Waals surface area contributed by atoms with Crippen LogP contribution in [0.5, 0.6) is 5.88 Å². The maximum absolute atomic E-state index is 14.1. The number of benzene rings is 2. The second kappa shape index (κ2) is 8.61. The van der Waals surface area contributed by atoms with Gasteiger partial charge in [0.25, 0.3) is 0 Å². The first-order valence-corrected chi connectivity index (χ1v) is 9.17. The third kappa shape index (κ3) is 4.53. The van der Waals surface area contributed by atoms with Crippen LogP contribution in [0.2, 0.25) is 0 Å². The van der Waals surface area contributed by atoms with Gasteiger partial charge in [0.15, 0.2) is 0 Å². The largest absolute Gasteiger partial charge is 0.481 e. The molecule has 0 aliphatic carbocycles. The minimum absolute atomic E-state index is 0.0859. The van der Waals surface area contributed by atoms with Crippen molar-refractivity contribution in [2.24, 2.45) is 0 Å². The van der Waals surface area contributed by atoms with Gasteiger partial charge < -0.3 is 14.9 Å². The van der Waals surface area contributed by atoms with E-state index in [4.69, 9.17) is 4.74 Å². The van der Waals surface area contributed by atoms with Crippen molar-refractivity contribution in [1.29, 1.82) is 0 Å². The van der Waals surface area contributed by atoms with E-state index in [0.717, 1.165) is 21.8 Å². The van der Waals surface area contributed by atoms with E-state index in [2.05, 4.69) is 20.9 Å². The Bertz CT molecular complexity index is 931. The fourth-order valence-electron chi connectivity index (χ4n) is 2.90. The van der Waals surface area contributed by atoms with Crippen LogP contribution >= 0.6 is 15.9 Å². The van der Waals surface area contributed by atoms with E-state index in [0.29, 0.717) is 29.0 Å². The maximum atomic E-state index is 14.1. The lowest BCUT2D eigenvalue weighted by molar-refractivity contribution is 0.177. The van der Waals surface area contributed by atoms with E-state index in [-0.39, 0.29) is 6.61 Å². The summed E-state index contributed by atoms with van der Waals surface area (Å²) < 4.78 is 20.0. The highest BCUT2D eigenvalue weighted by atomic mass is 79.9. The third-order valence-corrected chi connectivity index (χ3v) is 4.89. The Hall–Kier alpha value is -2.28. The molecule has 3 aromatic rings. The molecule has 0 saturated carbocycles. The fraction of sp³-hybridized carbons (Fsp3) is 0.190. The predicted octanol–water partition coefficient (Wildman–Crippen LogP) is 4.43. The van der Waals surface area contributed by atoms with Gasteiger partial charge in [0.1, 0.15) is 5.82 Å². The minimum Gasteiger partial charge on any atom is -0.481 e. The third-order valence-electron chi connectivity index (χ3n) is 4.40. The Kier molecular flexibility index (Phi) is 6.21. The van der Waals surface area contributed by atoms with Crippen molar-refractivity contribution >= 4 is 15.9 Å². The van der Waals surface area contributed by atoms with E-state index < -0.39 is 11.9 Å². The van der Waals surface area contributed by atoms with E-state index in [1.54, 1.807) is 24.3 Å². The summed E-state index contributed by atoms with van der Waals surface area (Å²) in [7, 11) is 1.48. The molecule has 27 heavy (non-hydrogen) atoms. The van der Waals surface area contributed by atoms with Gasteiger partial charge in [0.2, 0.25) is 5.88 Å². The van der Waals surface area contributed by atoms with Crippen molar-refractivity contribution in [1.82, 2.24) is 4.98 Å². The van der Waals surface area contributed by atoms with E-state index in [1.165, 1.54) is 13.2 Å². The molecule has 0 fully saturated rings. The quantitative estimate of drug-likeness (QED) is 0.605. The van der Waals surface area contributed by atoms with Crippen LogP contribution in [0.25, 0.3) is 11.1 Å². The lowest BCUT2D eigenvalue weighted by Gasteiger charge is -2.15. The number of pyridine rings is 1. The molecule has 1 aromatic heterocycles. The summed E-state index contributed by atoms with van der Waals surface area (Å²) in [5.41, 5.74) is 3.41. The maximum Gasteiger partial charge on any atom is 0.213 e. The number of hydrogen-bond donors (Lipinski definition) is 2. The van der Waals surface area contributed by atoms with Gasteiger partial charge in [-0.15, -0.1) is 0 Å². The Morgan fingerprint density at radius 3 is 2.52 bits per heavy atom. The smallest absolute Gasteiger partial charge is 0.213 e. The average molecular weight is 432 g/mol. The summed E-state index contributed by atoms with van der Waals surface area (Å²) in [5.74, 6) is -0.104. The zero-order valence-corrected chi connectivity index (χ0v) is 16.3. The summed E-state index contributed by atoms with van der Waals surface area (Å²) in [6, 6.07) is 14.2. The van der Waals surface area contributed by atoms with Crippen molar-refractivity contribution in [3.05, 3.63) is 81.7 Å². The second-order valence-corrected chi connectivity index (χ2v) is 7.04. The SMILES string of the molecule is COc1cc(-c2ccc(C(O)Cc3cc(Br)ccc3CO)cc2)c(F)cn1. The molecule has 0 saturated heterocycles. The van der Waals surface area contributed by atoms with Crippen LogP contribution in [0.1, 0.15) is 22.8 Å². The van der Waals surface area contributed by atoms with Crippen molar-refractivity contribution in [3.8, 4) is 17.0 Å². The first kappa shape index (κ1) is 19.5. The number of aromatic nitrogens is 1. The van der Waals surface area contributed by atoms with Crippen LogP contribution < -0.4 is 4.74 Å². The molecule has 0 spiro atoms. The molecule has 1 atom stereocenters. The molecule has 6 heteroatoms. The fourth-order valence-corrected chi connectivity index (χ4v) is 3.31. The lowest BCUT2D eigenvalue weighted by Crippen LogP contribution is -2.04. The summed E-state index contributed by atoms with van der Waals surface area (Å²) in [5, 5.41) is 20.1. The number of methoxy groups -OCH3 is 1. The van der Waals surface area contributed by atoms with Gasteiger partial charge in [-0.1, -0.05) is 46.3 Å². The van der Waals surface area contributed by atoms with Crippen molar-refractivity contribution < 1.29 is 19.3 Å². The van der Waals surface area contributed by atoms with E-state index in [1.807, 2.05) is 18.2 Å².